The number of amides is 1. The van der Waals surface area contributed by atoms with Gasteiger partial charge in [-0.15, -0.1) is 0 Å². The van der Waals surface area contributed by atoms with Gasteiger partial charge in [0.15, 0.2) is 17.3 Å². The number of nitrogens with zero attached hydrogens (tertiary/aromatic N) is 1. The van der Waals surface area contributed by atoms with Crippen LogP contribution in [0.4, 0.5) is 0 Å². The van der Waals surface area contributed by atoms with E-state index in [0.29, 0.717) is 36.1 Å². The zero-order valence-electron chi connectivity index (χ0n) is 17.1. The Morgan fingerprint density at radius 2 is 1.89 bits per heavy atom. The number of hydrogen-bond acceptors (Lipinski definition) is 5. The minimum atomic E-state index is -0.116. The van der Waals surface area contributed by atoms with Crippen molar-refractivity contribution in [2.24, 2.45) is 0 Å². The summed E-state index contributed by atoms with van der Waals surface area (Å²) in [5.74, 6) is 2.16. The molecule has 0 unspecified atom stereocenters. The molecule has 6 heteroatoms. The van der Waals surface area contributed by atoms with E-state index in [1.54, 1.807) is 24.1 Å². The number of methoxy groups -OCH3 is 1. The standard InChI is InChI=1S/C22H29NO5/c1-5-6-17-7-9-19(21(11-17)25-4)26-14-18-8-10-20(28-18)22(24)23-12-15(2)27-16(3)13-23/h7-11,15-16H,5-6,12-14H2,1-4H3/t15-,16+. The highest BCUT2D eigenvalue weighted by molar-refractivity contribution is 5.91. The fourth-order valence-electron chi connectivity index (χ4n) is 3.49. The number of hydrogen-bond donors (Lipinski definition) is 0. The van der Waals surface area contributed by atoms with Crippen molar-refractivity contribution >= 4 is 5.91 Å². The Morgan fingerprint density at radius 3 is 2.57 bits per heavy atom. The second kappa shape index (κ2) is 9.15. The minimum Gasteiger partial charge on any atom is -0.493 e. The van der Waals surface area contributed by atoms with E-state index >= 15 is 0 Å². The van der Waals surface area contributed by atoms with Crippen molar-refractivity contribution < 1.29 is 23.4 Å². The van der Waals surface area contributed by atoms with Gasteiger partial charge in [0.05, 0.1) is 19.3 Å². The fraction of sp³-hybridized carbons (Fsp3) is 0.500. The van der Waals surface area contributed by atoms with E-state index in [0.717, 1.165) is 12.8 Å². The maximum Gasteiger partial charge on any atom is 0.289 e. The fourth-order valence-corrected chi connectivity index (χ4v) is 3.49. The molecule has 1 aliphatic rings. The average molecular weight is 387 g/mol. The molecular formula is C22H29NO5. The van der Waals surface area contributed by atoms with Gasteiger partial charge in [-0.25, -0.2) is 0 Å². The second-order valence-electron chi connectivity index (χ2n) is 7.26. The predicted molar refractivity (Wildman–Crippen MR) is 106 cm³/mol. The molecule has 0 saturated carbocycles. The van der Waals surface area contributed by atoms with Crippen molar-refractivity contribution in [2.75, 3.05) is 20.2 Å². The first kappa shape index (κ1) is 20.3. The Bertz CT molecular complexity index is 790. The van der Waals surface area contributed by atoms with Crippen molar-refractivity contribution in [3.8, 4) is 11.5 Å². The predicted octanol–water partition coefficient (Wildman–Crippen LogP) is 4.07. The SMILES string of the molecule is CCCc1ccc(OCc2ccc(C(=O)N3C[C@@H](C)O[C@@H](C)C3)o2)c(OC)c1. The van der Waals surface area contributed by atoms with Gasteiger partial charge >= 0.3 is 0 Å². The van der Waals surface area contributed by atoms with E-state index in [1.807, 2.05) is 32.0 Å². The van der Waals surface area contributed by atoms with Crippen LogP contribution < -0.4 is 9.47 Å². The van der Waals surface area contributed by atoms with E-state index in [1.165, 1.54) is 5.56 Å². The Kier molecular flexibility index (Phi) is 6.62. The van der Waals surface area contributed by atoms with Crippen LogP contribution in [-0.4, -0.2) is 43.2 Å². The number of benzene rings is 1. The van der Waals surface area contributed by atoms with E-state index in [-0.39, 0.29) is 24.7 Å². The molecule has 2 heterocycles. The van der Waals surface area contributed by atoms with Crippen LogP contribution in [0, 0.1) is 0 Å². The summed E-state index contributed by atoms with van der Waals surface area (Å²) in [5.41, 5.74) is 1.21. The lowest BCUT2D eigenvalue weighted by molar-refractivity contribution is -0.0592. The van der Waals surface area contributed by atoms with E-state index in [9.17, 15) is 4.79 Å². The van der Waals surface area contributed by atoms with Crippen molar-refractivity contribution in [1.29, 1.82) is 0 Å². The molecule has 0 bridgehead atoms. The molecule has 2 atom stereocenters. The molecule has 2 aromatic rings. The summed E-state index contributed by atoms with van der Waals surface area (Å²) < 4.78 is 22.7. The van der Waals surface area contributed by atoms with Gasteiger partial charge in [0.25, 0.3) is 5.91 Å². The van der Waals surface area contributed by atoms with Gasteiger partial charge in [0.1, 0.15) is 12.4 Å². The lowest BCUT2D eigenvalue weighted by atomic mass is 10.1. The summed E-state index contributed by atoms with van der Waals surface area (Å²) in [6, 6.07) is 9.43. The largest absolute Gasteiger partial charge is 0.493 e. The third-order valence-corrected chi connectivity index (χ3v) is 4.72. The number of carbonyl (C=O) groups is 1. The highest BCUT2D eigenvalue weighted by Crippen LogP contribution is 2.29. The number of rotatable bonds is 7. The molecule has 3 rings (SSSR count). The van der Waals surface area contributed by atoms with Crippen molar-refractivity contribution in [2.45, 2.75) is 52.4 Å². The molecule has 1 amide bonds. The van der Waals surface area contributed by atoms with Gasteiger partial charge in [-0.1, -0.05) is 19.4 Å². The summed E-state index contributed by atoms with van der Waals surface area (Å²) >= 11 is 0. The molecule has 1 fully saturated rings. The molecule has 152 valence electrons. The highest BCUT2D eigenvalue weighted by Gasteiger charge is 2.28. The number of morpholine rings is 1. The molecule has 1 saturated heterocycles. The van der Waals surface area contributed by atoms with Gasteiger partial charge in [-0.2, -0.15) is 0 Å². The zero-order valence-corrected chi connectivity index (χ0v) is 17.1. The van der Waals surface area contributed by atoms with Crippen LogP contribution in [-0.2, 0) is 17.8 Å². The average Bonchev–Trinajstić information content (AvgIpc) is 3.14. The lowest BCUT2D eigenvalue weighted by Gasteiger charge is -2.34. The Morgan fingerprint density at radius 1 is 1.14 bits per heavy atom. The monoisotopic (exact) mass is 387 g/mol. The Hall–Kier alpha value is -2.47. The topological polar surface area (TPSA) is 61.1 Å². The van der Waals surface area contributed by atoms with Crippen LogP contribution in [0.15, 0.2) is 34.7 Å². The van der Waals surface area contributed by atoms with Crippen LogP contribution in [0.25, 0.3) is 0 Å². The van der Waals surface area contributed by atoms with Crippen LogP contribution in [0.1, 0.15) is 49.1 Å². The van der Waals surface area contributed by atoms with Gasteiger partial charge in [-0.3, -0.25) is 4.79 Å². The highest BCUT2D eigenvalue weighted by atomic mass is 16.5. The maximum absolute atomic E-state index is 12.7. The third-order valence-electron chi connectivity index (χ3n) is 4.72. The van der Waals surface area contributed by atoms with Crippen molar-refractivity contribution in [3.63, 3.8) is 0 Å². The van der Waals surface area contributed by atoms with Crippen LogP contribution in [0.5, 0.6) is 11.5 Å². The van der Waals surface area contributed by atoms with Crippen LogP contribution in [0.2, 0.25) is 0 Å². The molecule has 0 aliphatic carbocycles. The summed E-state index contributed by atoms with van der Waals surface area (Å²) in [6.07, 6.45) is 2.12. The number of aryl methyl sites for hydroxylation is 1. The molecule has 0 N–H and O–H groups in total. The van der Waals surface area contributed by atoms with Crippen molar-refractivity contribution in [1.82, 2.24) is 4.90 Å². The minimum absolute atomic E-state index is 0.0219. The smallest absolute Gasteiger partial charge is 0.289 e. The van der Waals surface area contributed by atoms with Gasteiger partial charge in [-0.05, 0) is 50.1 Å². The quantitative estimate of drug-likeness (QED) is 0.717. The van der Waals surface area contributed by atoms with Gasteiger partial charge in [0, 0.05) is 13.1 Å². The normalized spacial score (nSPS) is 19.5. The molecule has 1 aromatic carbocycles. The molecule has 0 radical (unpaired) electrons. The van der Waals surface area contributed by atoms with Crippen LogP contribution in [0.3, 0.4) is 0 Å². The molecule has 6 nitrogen and oxygen atoms in total. The second-order valence-corrected chi connectivity index (χ2v) is 7.26. The molecule has 0 spiro atoms. The van der Waals surface area contributed by atoms with Gasteiger partial charge in [0.2, 0.25) is 0 Å². The summed E-state index contributed by atoms with van der Waals surface area (Å²) in [6.45, 7) is 7.44. The van der Waals surface area contributed by atoms with E-state index in [2.05, 4.69) is 6.92 Å². The Labute approximate surface area is 166 Å². The molecular weight excluding hydrogens is 358 g/mol. The number of furan rings is 1. The Balaban J connectivity index is 1.63. The summed E-state index contributed by atoms with van der Waals surface area (Å²) in [7, 11) is 1.63. The molecule has 1 aliphatic heterocycles. The van der Waals surface area contributed by atoms with Crippen LogP contribution >= 0.6 is 0 Å². The first-order valence-electron chi connectivity index (χ1n) is 9.83. The molecule has 28 heavy (non-hydrogen) atoms. The first-order chi connectivity index (χ1) is 13.5. The molecule has 1 aromatic heterocycles. The number of ether oxygens (including phenoxy) is 3. The van der Waals surface area contributed by atoms with Crippen molar-refractivity contribution in [3.05, 3.63) is 47.4 Å². The summed E-state index contributed by atoms with van der Waals surface area (Å²) in [4.78, 5) is 14.5. The maximum atomic E-state index is 12.7. The van der Waals surface area contributed by atoms with Gasteiger partial charge < -0.3 is 23.5 Å². The number of carbonyl (C=O) groups excluding carboxylic acids is 1. The lowest BCUT2D eigenvalue weighted by Crippen LogP contribution is -2.48. The third kappa shape index (κ3) is 4.87. The van der Waals surface area contributed by atoms with E-state index < -0.39 is 0 Å². The first-order valence-corrected chi connectivity index (χ1v) is 9.83. The van der Waals surface area contributed by atoms with E-state index in [4.69, 9.17) is 18.6 Å². The summed E-state index contributed by atoms with van der Waals surface area (Å²) in [5, 5.41) is 0. The zero-order chi connectivity index (χ0) is 20.1.